The molecule has 3 rings (SSSR count). The molecule has 2 aliphatic rings. The quantitative estimate of drug-likeness (QED) is 0.669. The number of ketones is 1. The predicted octanol–water partition coefficient (Wildman–Crippen LogP) is 1.76. The van der Waals surface area contributed by atoms with E-state index in [1.54, 1.807) is 0 Å². The Hall–Kier alpha value is -1.57. The zero-order valence-corrected chi connectivity index (χ0v) is 7.79. The molecule has 0 aliphatic heterocycles. The van der Waals surface area contributed by atoms with Crippen LogP contribution in [0.15, 0.2) is 30.0 Å². The Morgan fingerprint density at radius 3 is 3.07 bits per heavy atom. The second-order valence-corrected chi connectivity index (χ2v) is 3.97. The lowest BCUT2D eigenvalue weighted by molar-refractivity contribution is 0.102. The first-order chi connectivity index (χ1) is 6.77. The highest BCUT2D eigenvalue weighted by Crippen LogP contribution is 2.40. The maximum atomic E-state index is 11.7. The molecule has 1 unspecified atom stereocenters. The van der Waals surface area contributed by atoms with Crippen LogP contribution in [-0.2, 0) is 6.42 Å². The molecule has 1 aromatic rings. The van der Waals surface area contributed by atoms with E-state index in [1.807, 2.05) is 18.2 Å². The summed E-state index contributed by atoms with van der Waals surface area (Å²) in [5, 5.41) is 0. The smallest absolute Gasteiger partial charge is 0.208 e. The van der Waals surface area contributed by atoms with Gasteiger partial charge in [-0.05, 0) is 30.0 Å². The third-order valence-corrected chi connectivity index (χ3v) is 3.18. The van der Waals surface area contributed by atoms with Gasteiger partial charge in [-0.2, -0.15) is 0 Å². The van der Waals surface area contributed by atoms with Crippen molar-refractivity contribution in [2.24, 2.45) is 5.73 Å². The number of carbonyl (C=O) groups is 1. The summed E-state index contributed by atoms with van der Waals surface area (Å²) in [4.78, 5) is 11.7. The molecule has 0 saturated carbocycles. The predicted molar refractivity (Wildman–Crippen MR) is 54.1 cm³/mol. The van der Waals surface area contributed by atoms with E-state index >= 15 is 0 Å². The van der Waals surface area contributed by atoms with Gasteiger partial charge in [-0.1, -0.05) is 18.2 Å². The Bertz CT molecular complexity index is 459. The Kier molecular flexibility index (Phi) is 1.38. The zero-order valence-electron chi connectivity index (χ0n) is 7.79. The summed E-state index contributed by atoms with van der Waals surface area (Å²) in [6.45, 7) is 0. The van der Waals surface area contributed by atoms with E-state index in [9.17, 15) is 4.79 Å². The minimum absolute atomic E-state index is 0.000000000000000222. The molecule has 2 nitrogen and oxygen atoms in total. The van der Waals surface area contributed by atoms with Crippen LogP contribution >= 0.6 is 0 Å². The maximum Gasteiger partial charge on any atom is 0.208 e. The van der Waals surface area contributed by atoms with Gasteiger partial charge < -0.3 is 5.73 Å². The summed E-state index contributed by atoms with van der Waals surface area (Å²) in [5.41, 5.74) is 9.49. The van der Waals surface area contributed by atoms with Crippen LogP contribution in [0.1, 0.15) is 33.8 Å². The summed E-state index contributed by atoms with van der Waals surface area (Å²) in [5.74, 6) is 0.388. The van der Waals surface area contributed by atoms with Crippen LogP contribution in [-0.4, -0.2) is 5.78 Å². The monoisotopic (exact) mass is 185 g/mol. The minimum Gasteiger partial charge on any atom is -0.396 e. The van der Waals surface area contributed by atoms with Crippen molar-refractivity contribution in [3.8, 4) is 0 Å². The van der Waals surface area contributed by atoms with Gasteiger partial charge in [-0.3, -0.25) is 4.79 Å². The Morgan fingerprint density at radius 1 is 1.36 bits per heavy atom. The number of Topliss-reactive ketones (excluding diaryl/α,β-unsaturated/α-hetero) is 1. The zero-order chi connectivity index (χ0) is 9.71. The molecule has 0 fully saturated rings. The number of rotatable bonds is 0. The van der Waals surface area contributed by atoms with Crippen LogP contribution in [0.2, 0.25) is 0 Å². The lowest BCUT2D eigenvalue weighted by atomic mass is 9.87. The number of nitrogens with two attached hydrogens (primary N) is 1. The number of carbonyl (C=O) groups excluding carboxylic acids is 1. The van der Waals surface area contributed by atoms with Gasteiger partial charge in [0, 0.05) is 11.5 Å². The van der Waals surface area contributed by atoms with Gasteiger partial charge in [-0.25, -0.2) is 0 Å². The molecule has 0 radical (unpaired) electrons. The van der Waals surface area contributed by atoms with Crippen molar-refractivity contribution in [1.29, 1.82) is 0 Å². The Morgan fingerprint density at radius 2 is 2.21 bits per heavy atom. The Balaban J connectivity index is 2.31. The third-order valence-electron chi connectivity index (χ3n) is 3.18. The van der Waals surface area contributed by atoms with Gasteiger partial charge in [0.2, 0.25) is 5.78 Å². The van der Waals surface area contributed by atoms with Crippen LogP contribution in [0.25, 0.3) is 0 Å². The molecule has 0 spiro atoms. The lowest BCUT2D eigenvalue weighted by Gasteiger charge is -2.18. The summed E-state index contributed by atoms with van der Waals surface area (Å²) in [7, 11) is 0. The van der Waals surface area contributed by atoms with E-state index in [2.05, 4.69) is 6.07 Å². The average molecular weight is 185 g/mol. The third kappa shape index (κ3) is 0.830. The van der Waals surface area contributed by atoms with Crippen molar-refractivity contribution >= 4 is 5.78 Å². The fourth-order valence-corrected chi connectivity index (χ4v) is 2.54. The highest BCUT2D eigenvalue weighted by atomic mass is 16.1. The second kappa shape index (κ2) is 2.47. The highest BCUT2D eigenvalue weighted by Gasteiger charge is 2.30. The number of hydrogen-bond acceptors (Lipinski definition) is 2. The average Bonchev–Trinajstić information content (AvgIpc) is 2.59. The van der Waals surface area contributed by atoms with Crippen molar-refractivity contribution in [3.05, 3.63) is 46.7 Å². The summed E-state index contributed by atoms with van der Waals surface area (Å²) < 4.78 is 0. The van der Waals surface area contributed by atoms with Crippen LogP contribution in [0.5, 0.6) is 0 Å². The molecule has 0 aromatic heterocycles. The van der Waals surface area contributed by atoms with Gasteiger partial charge >= 0.3 is 0 Å². The number of benzene rings is 1. The molecule has 2 N–H and O–H groups in total. The fraction of sp³-hybridized carbons (Fsp3) is 0.250. The van der Waals surface area contributed by atoms with E-state index < -0.39 is 0 Å². The van der Waals surface area contributed by atoms with E-state index in [0.29, 0.717) is 11.6 Å². The normalized spacial score (nSPS) is 23.3. The molecule has 14 heavy (non-hydrogen) atoms. The van der Waals surface area contributed by atoms with Crippen LogP contribution in [0.3, 0.4) is 0 Å². The maximum absolute atomic E-state index is 11.7. The van der Waals surface area contributed by atoms with E-state index in [4.69, 9.17) is 5.73 Å². The standard InChI is InChI=1S/C12H11NO/c13-10-6-8-5-4-7-2-1-3-9(11(7)8)12(10)14/h1-3,6,8H,4-5,13H2. The summed E-state index contributed by atoms with van der Waals surface area (Å²) in [6.07, 6.45) is 4.09. The van der Waals surface area contributed by atoms with Gasteiger partial charge in [0.1, 0.15) is 0 Å². The molecule has 1 atom stereocenters. The molecule has 0 amide bonds. The van der Waals surface area contributed by atoms with Crippen molar-refractivity contribution in [1.82, 2.24) is 0 Å². The highest BCUT2D eigenvalue weighted by molar-refractivity contribution is 6.10. The van der Waals surface area contributed by atoms with Crippen LogP contribution < -0.4 is 5.73 Å². The van der Waals surface area contributed by atoms with Crippen molar-refractivity contribution in [2.45, 2.75) is 18.8 Å². The van der Waals surface area contributed by atoms with E-state index in [-0.39, 0.29) is 5.78 Å². The van der Waals surface area contributed by atoms with Crippen LogP contribution in [0, 0.1) is 0 Å². The van der Waals surface area contributed by atoms with Gasteiger partial charge in [0.05, 0.1) is 5.70 Å². The molecule has 0 heterocycles. The van der Waals surface area contributed by atoms with Crippen molar-refractivity contribution in [3.63, 3.8) is 0 Å². The lowest BCUT2D eigenvalue weighted by Crippen LogP contribution is -2.19. The first-order valence-corrected chi connectivity index (χ1v) is 4.91. The van der Waals surface area contributed by atoms with Crippen molar-refractivity contribution in [2.75, 3.05) is 0 Å². The topological polar surface area (TPSA) is 43.1 Å². The summed E-state index contributed by atoms with van der Waals surface area (Å²) >= 11 is 0. The largest absolute Gasteiger partial charge is 0.396 e. The molecule has 70 valence electrons. The minimum atomic E-state index is 0.000000000000000222. The molecular formula is C12H11NO. The SMILES string of the molecule is NC1=CC2CCc3cccc(c32)C1=O. The van der Waals surface area contributed by atoms with E-state index in [0.717, 1.165) is 18.4 Å². The van der Waals surface area contributed by atoms with Crippen LogP contribution in [0.4, 0.5) is 0 Å². The molecule has 2 aliphatic carbocycles. The first kappa shape index (κ1) is 7.80. The van der Waals surface area contributed by atoms with E-state index in [1.165, 1.54) is 11.1 Å². The molecule has 1 aromatic carbocycles. The molecule has 0 bridgehead atoms. The second-order valence-electron chi connectivity index (χ2n) is 3.97. The fourth-order valence-electron chi connectivity index (χ4n) is 2.54. The van der Waals surface area contributed by atoms with Crippen molar-refractivity contribution < 1.29 is 4.79 Å². The molecule has 0 saturated heterocycles. The Labute approximate surface area is 82.4 Å². The first-order valence-electron chi connectivity index (χ1n) is 4.91. The number of aryl methyl sites for hydroxylation is 1. The van der Waals surface area contributed by atoms with Gasteiger partial charge in [-0.15, -0.1) is 0 Å². The molecule has 2 heteroatoms. The number of hydrogen-bond donors (Lipinski definition) is 1. The molecular weight excluding hydrogens is 174 g/mol. The van der Waals surface area contributed by atoms with Gasteiger partial charge in [0.15, 0.2) is 0 Å². The van der Waals surface area contributed by atoms with Gasteiger partial charge in [0.25, 0.3) is 0 Å². The summed E-state index contributed by atoms with van der Waals surface area (Å²) in [6, 6.07) is 5.95. The number of allylic oxidation sites excluding steroid dienone is 2.